The Morgan fingerprint density at radius 2 is 1.84 bits per heavy atom. The van der Waals surface area contributed by atoms with Crippen LogP contribution in [0.15, 0.2) is 0 Å². The fraction of sp³-hybridized carbons (Fsp3) is 0.769. The Hall–Kier alpha value is -1.59. The predicted molar refractivity (Wildman–Crippen MR) is 75.7 cm³/mol. The summed E-state index contributed by atoms with van der Waals surface area (Å²) in [7, 11) is 0. The molecule has 1 saturated heterocycles. The van der Waals surface area contributed by atoms with E-state index in [9.17, 15) is 0 Å². The monoisotopic (exact) mass is 265 g/mol. The summed E-state index contributed by atoms with van der Waals surface area (Å²) < 4.78 is 5.42. The molecule has 1 aliphatic heterocycles. The fourth-order valence-electron chi connectivity index (χ4n) is 2.21. The molecule has 6 nitrogen and oxygen atoms in total. The lowest BCUT2D eigenvalue weighted by Crippen LogP contribution is -2.23. The summed E-state index contributed by atoms with van der Waals surface area (Å²) in [5.74, 6) is 2.62. The molecular formula is C13H23N5O. The second-order valence-electron chi connectivity index (χ2n) is 5.06. The molecule has 0 saturated carbocycles. The van der Waals surface area contributed by atoms with E-state index in [1.807, 2.05) is 13.8 Å². The van der Waals surface area contributed by atoms with Crippen LogP contribution >= 0.6 is 0 Å². The summed E-state index contributed by atoms with van der Waals surface area (Å²) >= 11 is 0. The zero-order chi connectivity index (χ0) is 13.8. The van der Waals surface area contributed by atoms with Crippen molar-refractivity contribution in [1.29, 1.82) is 0 Å². The molecule has 0 bridgehead atoms. The van der Waals surface area contributed by atoms with Crippen molar-refractivity contribution in [3.05, 3.63) is 0 Å². The van der Waals surface area contributed by atoms with Gasteiger partial charge < -0.3 is 15.0 Å². The lowest BCUT2D eigenvalue weighted by Gasteiger charge is -2.17. The molecule has 19 heavy (non-hydrogen) atoms. The number of hydrogen-bond donors (Lipinski definition) is 1. The van der Waals surface area contributed by atoms with Crippen LogP contribution in [-0.2, 0) is 0 Å². The van der Waals surface area contributed by atoms with Gasteiger partial charge in [-0.3, -0.25) is 0 Å². The quantitative estimate of drug-likeness (QED) is 0.875. The predicted octanol–water partition coefficient (Wildman–Crippen LogP) is 1.79. The Bertz CT molecular complexity index is 391. The van der Waals surface area contributed by atoms with Gasteiger partial charge in [0.25, 0.3) is 0 Å². The second-order valence-corrected chi connectivity index (χ2v) is 5.06. The number of anilines is 2. The van der Waals surface area contributed by atoms with E-state index in [1.165, 1.54) is 0 Å². The first-order valence-corrected chi connectivity index (χ1v) is 7.01. The van der Waals surface area contributed by atoms with Gasteiger partial charge in [0, 0.05) is 19.6 Å². The van der Waals surface area contributed by atoms with Gasteiger partial charge in [0.1, 0.15) is 0 Å². The number of rotatable bonds is 5. The molecule has 1 aromatic rings. The maximum Gasteiger partial charge on any atom is 0.323 e. The molecule has 1 N–H and O–H groups in total. The van der Waals surface area contributed by atoms with Crippen LogP contribution < -0.4 is 15.0 Å². The third-order valence-corrected chi connectivity index (χ3v) is 3.48. The van der Waals surface area contributed by atoms with Crippen LogP contribution in [0.4, 0.5) is 11.9 Å². The molecule has 0 spiro atoms. The van der Waals surface area contributed by atoms with E-state index in [0.717, 1.165) is 19.6 Å². The van der Waals surface area contributed by atoms with Gasteiger partial charge in [0.15, 0.2) is 0 Å². The van der Waals surface area contributed by atoms with E-state index in [2.05, 4.69) is 39.0 Å². The van der Waals surface area contributed by atoms with Crippen LogP contribution in [0, 0.1) is 11.8 Å². The minimum Gasteiger partial charge on any atom is -0.464 e. The third kappa shape index (κ3) is 3.24. The Kier molecular flexibility index (Phi) is 4.39. The van der Waals surface area contributed by atoms with Gasteiger partial charge in [-0.25, -0.2) is 0 Å². The summed E-state index contributed by atoms with van der Waals surface area (Å²) in [4.78, 5) is 15.3. The second kappa shape index (κ2) is 6.04. The van der Waals surface area contributed by atoms with Crippen molar-refractivity contribution in [2.45, 2.75) is 27.7 Å². The van der Waals surface area contributed by atoms with Gasteiger partial charge in [-0.05, 0) is 25.7 Å². The molecule has 1 aromatic heterocycles. The Balaban J connectivity index is 2.23. The first-order valence-electron chi connectivity index (χ1n) is 7.01. The molecule has 106 valence electrons. The van der Waals surface area contributed by atoms with Gasteiger partial charge in [0.05, 0.1) is 6.61 Å². The smallest absolute Gasteiger partial charge is 0.323 e. The normalized spacial score (nSPS) is 22.6. The first-order chi connectivity index (χ1) is 9.13. The van der Waals surface area contributed by atoms with Crippen molar-refractivity contribution in [1.82, 2.24) is 15.0 Å². The topological polar surface area (TPSA) is 63.2 Å². The molecule has 2 heterocycles. The first kappa shape index (κ1) is 13.8. The molecule has 0 amide bonds. The lowest BCUT2D eigenvalue weighted by atomic mass is 10.0. The zero-order valence-electron chi connectivity index (χ0n) is 12.2. The van der Waals surface area contributed by atoms with E-state index in [4.69, 9.17) is 4.74 Å². The van der Waals surface area contributed by atoms with Gasteiger partial charge in [-0.2, -0.15) is 15.0 Å². The minimum atomic E-state index is 0.399. The maximum atomic E-state index is 5.42. The van der Waals surface area contributed by atoms with Gasteiger partial charge in [-0.15, -0.1) is 0 Å². The van der Waals surface area contributed by atoms with Crippen molar-refractivity contribution in [3.63, 3.8) is 0 Å². The highest BCUT2D eigenvalue weighted by atomic mass is 16.5. The number of nitrogens with one attached hydrogen (secondary N) is 1. The van der Waals surface area contributed by atoms with Crippen LogP contribution in [0.2, 0.25) is 0 Å². The minimum absolute atomic E-state index is 0.399. The van der Waals surface area contributed by atoms with Crippen molar-refractivity contribution < 1.29 is 4.74 Å². The standard InChI is InChI=1S/C13H23N5O/c1-5-14-11-15-12(17-13(16-11)19-6-2)18-7-9(3)10(4)8-18/h9-10H,5-8H2,1-4H3,(H,14,15,16,17). The Morgan fingerprint density at radius 3 is 2.42 bits per heavy atom. The number of ether oxygens (including phenoxy) is 1. The van der Waals surface area contributed by atoms with Crippen molar-refractivity contribution in [3.8, 4) is 6.01 Å². The zero-order valence-corrected chi connectivity index (χ0v) is 12.2. The lowest BCUT2D eigenvalue weighted by molar-refractivity contribution is 0.312. The van der Waals surface area contributed by atoms with Crippen LogP contribution in [0.1, 0.15) is 27.7 Å². The summed E-state index contributed by atoms with van der Waals surface area (Å²) in [5, 5.41) is 3.12. The van der Waals surface area contributed by atoms with E-state index < -0.39 is 0 Å². The molecule has 6 heteroatoms. The molecule has 2 rings (SSSR count). The van der Waals surface area contributed by atoms with Gasteiger partial charge in [-0.1, -0.05) is 13.8 Å². The number of aromatic nitrogens is 3. The maximum absolute atomic E-state index is 5.42. The molecule has 2 atom stereocenters. The molecule has 0 radical (unpaired) electrons. The van der Waals surface area contributed by atoms with E-state index in [0.29, 0.717) is 36.3 Å². The number of nitrogens with zero attached hydrogens (tertiary/aromatic N) is 4. The molecule has 1 fully saturated rings. The summed E-state index contributed by atoms with van der Waals surface area (Å²) in [5.41, 5.74) is 0. The molecule has 2 unspecified atom stereocenters. The van der Waals surface area contributed by atoms with Crippen molar-refractivity contribution in [2.24, 2.45) is 11.8 Å². The van der Waals surface area contributed by atoms with Gasteiger partial charge in [0.2, 0.25) is 11.9 Å². The van der Waals surface area contributed by atoms with Crippen LogP contribution in [0.5, 0.6) is 6.01 Å². The SMILES string of the molecule is CCNc1nc(OCC)nc(N2CC(C)C(C)C2)n1. The molecule has 0 aliphatic carbocycles. The average molecular weight is 265 g/mol. The van der Waals surface area contributed by atoms with Gasteiger partial charge >= 0.3 is 6.01 Å². The average Bonchev–Trinajstić information content (AvgIpc) is 2.70. The van der Waals surface area contributed by atoms with Crippen molar-refractivity contribution >= 4 is 11.9 Å². The molecular weight excluding hydrogens is 242 g/mol. The van der Waals surface area contributed by atoms with E-state index in [-0.39, 0.29) is 0 Å². The van der Waals surface area contributed by atoms with Crippen LogP contribution in [-0.4, -0.2) is 41.2 Å². The number of hydrogen-bond acceptors (Lipinski definition) is 6. The molecule has 0 aromatic carbocycles. The summed E-state index contributed by atoms with van der Waals surface area (Å²) in [6.07, 6.45) is 0. The highest BCUT2D eigenvalue weighted by Gasteiger charge is 2.28. The van der Waals surface area contributed by atoms with Crippen molar-refractivity contribution in [2.75, 3.05) is 36.5 Å². The Labute approximate surface area is 114 Å². The van der Waals surface area contributed by atoms with E-state index in [1.54, 1.807) is 0 Å². The van der Waals surface area contributed by atoms with E-state index >= 15 is 0 Å². The largest absolute Gasteiger partial charge is 0.464 e. The highest BCUT2D eigenvalue weighted by Crippen LogP contribution is 2.26. The summed E-state index contributed by atoms with van der Waals surface area (Å²) in [6, 6.07) is 0.399. The van der Waals surface area contributed by atoms with Crippen LogP contribution in [0.25, 0.3) is 0 Å². The summed E-state index contributed by atoms with van der Waals surface area (Å²) in [6.45, 7) is 11.8. The molecule has 1 aliphatic rings. The van der Waals surface area contributed by atoms with Crippen LogP contribution in [0.3, 0.4) is 0 Å². The highest BCUT2D eigenvalue weighted by molar-refractivity contribution is 5.39. The third-order valence-electron chi connectivity index (χ3n) is 3.48. The Morgan fingerprint density at radius 1 is 1.16 bits per heavy atom. The fourth-order valence-corrected chi connectivity index (χ4v) is 2.21.